The third kappa shape index (κ3) is 6.11. The lowest BCUT2D eigenvalue weighted by Crippen LogP contribution is -2.40. The fourth-order valence-corrected chi connectivity index (χ4v) is 6.19. The molecular weight excluding hydrogens is 553 g/mol. The largest absolute Gasteiger partial charge is 0.416 e. The lowest BCUT2D eigenvalue weighted by atomic mass is 10.1. The molecule has 0 spiro atoms. The zero-order valence-electron chi connectivity index (χ0n) is 22.5. The Labute approximate surface area is 235 Å². The first kappa shape index (κ1) is 27.6. The summed E-state index contributed by atoms with van der Waals surface area (Å²) >= 11 is 1.56. The van der Waals surface area contributed by atoms with Gasteiger partial charge in [-0.2, -0.15) is 0 Å². The van der Waals surface area contributed by atoms with E-state index in [4.69, 9.17) is 4.42 Å². The summed E-state index contributed by atoms with van der Waals surface area (Å²) in [6, 6.07) is 11.5. The number of anilines is 3. The number of aromatic nitrogens is 4. The van der Waals surface area contributed by atoms with Gasteiger partial charge in [0.2, 0.25) is 15.9 Å². The first-order chi connectivity index (χ1) is 18.9. The molecule has 40 heavy (non-hydrogen) atoms. The Morgan fingerprint density at radius 3 is 2.52 bits per heavy atom. The zero-order chi connectivity index (χ0) is 28.7. The highest BCUT2D eigenvalue weighted by Gasteiger charge is 2.26. The fraction of sp³-hybridized carbons (Fsp3) is 0.259. The van der Waals surface area contributed by atoms with Crippen molar-refractivity contribution in [3.63, 3.8) is 0 Å². The van der Waals surface area contributed by atoms with Crippen LogP contribution < -0.4 is 15.4 Å². The van der Waals surface area contributed by atoms with Crippen LogP contribution in [0.15, 0.2) is 63.5 Å². The maximum atomic E-state index is 14.5. The van der Waals surface area contributed by atoms with Crippen molar-refractivity contribution in [1.29, 1.82) is 0 Å². The number of nitrogens with zero attached hydrogens (tertiary/aromatic N) is 4. The van der Waals surface area contributed by atoms with E-state index in [0.717, 1.165) is 22.0 Å². The predicted molar refractivity (Wildman–Crippen MR) is 155 cm³/mol. The first-order valence-electron chi connectivity index (χ1n) is 12.4. The van der Waals surface area contributed by atoms with Crippen LogP contribution in [0.5, 0.6) is 0 Å². The summed E-state index contributed by atoms with van der Waals surface area (Å²) in [6.45, 7) is 9.02. The van der Waals surface area contributed by atoms with E-state index < -0.39 is 26.3 Å². The normalized spacial score (nSPS) is 12.3. The molecule has 0 amide bonds. The molecule has 0 saturated carbocycles. The minimum atomic E-state index is -4.13. The minimum absolute atomic E-state index is 0.0396. The van der Waals surface area contributed by atoms with Gasteiger partial charge in [0.05, 0.1) is 27.0 Å². The van der Waals surface area contributed by atoms with Crippen LogP contribution in [0.25, 0.3) is 33.1 Å². The van der Waals surface area contributed by atoms with Crippen LogP contribution in [0, 0.1) is 5.82 Å². The molecule has 0 aliphatic rings. The molecule has 0 aliphatic carbocycles. The summed E-state index contributed by atoms with van der Waals surface area (Å²) in [7, 11) is -4.13. The van der Waals surface area contributed by atoms with Gasteiger partial charge in [-0.1, -0.05) is 0 Å². The molecule has 2 aromatic carbocycles. The van der Waals surface area contributed by atoms with Crippen LogP contribution in [-0.4, -0.2) is 40.2 Å². The molecule has 3 heterocycles. The van der Waals surface area contributed by atoms with Crippen LogP contribution in [0.4, 0.5) is 21.6 Å². The van der Waals surface area contributed by atoms with E-state index in [1.807, 2.05) is 38.1 Å². The van der Waals surface area contributed by atoms with Crippen LogP contribution in [-0.2, 0) is 10.0 Å². The molecule has 5 rings (SSSR count). The Hall–Kier alpha value is -3.94. The van der Waals surface area contributed by atoms with E-state index in [1.165, 1.54) is 12.1 Å². The molecule has 0 aliphatic heterocycles. The Morgan fingerprint density at radius 1 is 1.00 bits per heavy atom. The van der Waals surface area contributed by atoms with Crippen molar-refractivity contribution >= 4 is 48.8 Å². The Kier molecular flexibility index (Phi) is 7.29. The van der Waals surface area contributed by atoms with Crippen LogP contribution >= 0.6 is 11.3 Å². The van der Waals surface area contributed by atoms with E-state index in [2.05, 4.69) is 35.5 Å². The van der Waals surface area contributed by atoms with Crippen molar-refractivity contribution in [1.82, 2.24) is 24.9 Å². The lowest BCUT2D eigenvalue weighted by Gasteiger charge is -2.20. The molecule has 3 N–H and O–H groups in total. The van der Waals surface area contributed by atoms with Crippen molar-refractivity contribution in [2.75, 3.05) is 10.6 Å². The van der Waals surface area contributed by atoms with Crippen molar-refractivity contribution in [2.45, 2.75) is 51.1 Å². The molecule has 0 fully saturated rings. The number of rotatable bonds is 8. The molecule has 0 unspecified atom stereocenters. The second kappa shape index (κ2) is 10.6. The van der Waals surface area contributed by atoms with Gasteiger partial charge in [-0.25, -0.2) is 27.5 Å². The monoisotopic (exact) mass is 581 g/mol. The highest BCUT2D eigenvalue weighted by atomic mass is 32.2. The smallest absolute Gasteiger partial charge is 0.251 e. The third-order valence-electron chi connectivity index (χ3n) is 5.52. The molecule has 208 valence electrons. The van der Waals surface area contributed by atoms with Gasteiger partial charge in [-0.05, 0) is 71.0 Å². The number of thiazole rings is 1. The van der Waals surface area contributed by atoms with Crippen molar-refractivity contribution in [3.8, 4) is 22.9 Å². The van der Waals surface area contributed by atoms with E-state index >= 15 is 0 Å². The zero-order valence-corrected chi connectivity index (χ0v) is 24.1. The topological polar surface area (TPSA) is 135 Å². The molecule has 3 aromatic heterocycles. The predicted octanol–water partition coefficient (Wildman–Crippen LogP) is 6.19. The highest BCUT2D eigenvalue weighted by molar-refractivity contribution is 7.89. The molecule has 0 radical (unpaired) electrons. The standard InChI is InChI=1S/C27H28FN7O3S2/c1-15(2)31-21-12-24(32-17-7-9-20-22(11-17)39-14-30-20)29-13-18(21)26-34-33-25(38-26)16-6-8-19(28)23(10-16)40(36,37)35-27(3,4)5/h6-15,35H,1-5H3,(H2,29,31,32). The quantitative estimate of drug-likeness (QED) is 0.196. The summed E-state index contributed by atoms with van der Waals surface area (Å²) in [5.74, 6) is -0.0664. The first-order valence-corrected chi connectivity index (χ1v) is 14.8. The maximum absolute atomic E-state index is 14.5. The lowest BCUT2D eigenvalue weighted by molar-refractivity contribution is 0.486. The second-order valence-corrected chi connectivity index (χ2v) is 13.0. The number of benzene rings is 2. The summed E-state index contributed by atoms with van der Waals surface area (Å²) < 4.78 is 49.6. The Morgan fingerprint density at radius 2 is 1.77 bits per heavy atom. The molecule has 5 aromatic rings. The van der Waals surface area contributed by atoms with E-state index in [1.54, 1.807) is 43.8 Å². The highest BCUT2D eigenvalue weighted by Crippen LogP contribution is 2.33. The van der Waals surface area contributed by atoms with Gasteiger partial charge in [0.25, 0.3) is 5.89 Å². The number of sulfonamides is 1. The summed E-state index contributed by atoms with van der Waals surface area (Å²) in [6.07, 6.45) is 1.61. The van der Waals surface area contributed by atoms with Crippen molar-refractivity contribution in [2.24, 2.45) is 0 Å². The fourth-order valence-electron chi connectivity index (χ4n) is 3.95. The number of hydrogen-bond donors (Lipinski definition) is 3. The average molecular weight is 582 g/mol. The van der Waals surface area contributed by atoms with Gasteiger partial charge in [-0.3, -0.25) is 0 Å². The van der Waals surface area contributed by atoms with Crippen LogP contribution in [0.3, 0.4) is 0 Å². The third-order valence-corrected chi connectivity index (χ3v) is 8.08. The second-order valence-electron chi connectivity index (χ2n) is 10.5. The molecular formula is C27H28FN7O3S2. The molecule has 0 atom stereocenters. The van der Waals surface area contributed by atoms with E-state index in [9.17, 15) is 12.8 Å². The van der Waals surface area contributed by atoms with Crippen molar-refractivity contribution < 1.29 is 17.2 Å². The number of pyridine rings is 1. The van der Waals surface area contributed by atoms with Gasteiger partial charge < -0.3 is 15.1 Å². The minimum Gasteiger partial charge on any atom is -0.416 e. The Bertz CT molecular complexity index is 1790. The van der Waals surface area contributed by atoms with Gasteiger partial charge in [-0.15, -0.1) is 21.5 Å². The summed E-state index contributed by atoms with van der Waals surface area (Å²) in [5, 5.41) is 15.0. The number of halogens is 1. The van der Waals surface area contributed by atoms with E-state index in [-0.39, 0.29) is 23.4 Å². The Balaban J connectivity index is 1.46. The maximum Gasteiger partial charge on any atom is 0.251 e. The summed E-state index contributed by atoms with van der Waals surface area (Å²) in [4.78, 5) is 8.34. The molecule has 10 nitrogen and oxygen atoms in total. The van der Waals surface area contributed by atoms with Crippen molar-refractivity contribution in [3.05, 3.63) is 60.0 Å². The number of hydrogen-bond acceptors (Lipinski definition) is 10. The molecule has 0 bridgehead atoms. The number of fused-ring (bicyclic) bond motifs is 1. The molecule has 13 heteroatoms. The summed E-state index contributed by atoms with van der Waals surface area (Å²) in [5.41, 5.74) is 4.34. The average Bonchev–Trinajstić information content (AvgIpc) is 3.52. The SMILES string of the molecule is CC(C)Nc1cc(Nc2ccc3ncsc3c2)ncc1-c1nnc(-c2ccc(F)c(S(=O)(=O)NC(C)(C)C)c2)o1. The van der Waals surface area contributed by atoms with Crippen LogP contribution in [0.2, 0.25) is 0 Å². The number of nitrogens with one attached hydrogen (secondary N) is 3. The van der Waals surface area contributed by atoms with E-state index in [0.29, 0.717) is 17.1 Å². The van der Waals surface area contributed by atoms with Gasteiger partial charge >= 0.3 is 0 Å². The van der Waals surface area contributed by atoms with Gasteiger partial charge in [0.1, 0.15) is 16.5 Å². The van der Waals surface area contributed by atoms with Crippen LogP contribution in [0.1, 0.15) is 34.6 Å². The van der Waals surface area contributed by atoms with Gasteiger partial charge in [0, 0.05) is 35.1 Å². The molecule has 0 saturated heterocycles. The van der Waals surface area contributed by atoms with Gasteiger partial charge in [0.15, 0.2) is 0 Å².